The van der Waals surface area contributed by atoms with Crippen molar-refractivity contribution in [3.63, 3.8) is 0 Å². The fraction of sp³-hybridized carbons (Fsp3) is 0.412. The van der Waals surface area contributed by atoms with Gasteiger partial charge >= 0.3 is 0 Å². The number of fused-ring (bicyclic) bond motifs is 1. The molecule has 5 heteroatoms. The van der Waals surface area contributed by atoms with E-state index in [0.29, 0.717) is 24.7 Å². The molecule has 2 aromatic rings. The van der Waals surface area contributed by atoms with Gasteiger partial charge in [-0.15, -0.1) is 0 Å². The lowest BCUT2D eigenvalue weighted by atomic mass is 10.1. The molecule has 118 valence electrons. The smallest absolute Gasteiger partial charge is 0.244 e. The van der Waals surface area contributed by atoms with Gasteiger partial charge in [-0.2, -0.15) is 4.31 Å². The summed E-state index contributed by atoms with van der Waals surface area (Å²) in [6, 6.07) is 11.4. The van der Waals surface area contributed by atoms with Crippen molar-refractivity contribution < 1.29 is 13.2 Å². The largest absolute Gasteiger partial charge is 0.380 e. The topological polar surface area (TPSA) is 46.6 Å². The van der Waals surface area contributed by atoms with Gasteiger partial charge in [-0.25, -0.2) is 8.42 Å². The van der Waals surface area contributed by atoms with Crippen molar-refractivity contribution in [1.29, 1.82) is 0 Å². The van der Waals surface area contributed by atoms with E-state index in [2.05, 4.69) is 0 Å². The minimum Gasteiger partial charge on any atom is -0.380 e. The SMILES string of the molecule is CCN(C1CCOC1)S(=O)(=O)c1c(C)ccc2ccccc12. The van der Waals surface area contributed by atoms with E-state index in [1.54, 1.807) is 4.31 Å². The van der Waals surface area contributed by atoms with Crippen LogP contribution in [0.4, 0.5) is 0 Å². The quantitative estimate of drug-likeness (QED) is 0.870. The number of ether oxygens (including phenoxy) is 1. The summed E-state index contributed by atoms with van der Waals surface area (Å²) in [7, 11) is -3.54. The first-order valence-corrected chi connectivity index (χ1v) is 9.07. The Labute approximate surface area is 131 Å². The fourth-order valence-corrected chi connectivity index (χ4v) is 5.26. The molecule has 0 amide bonds. The van der Waals surface area contributed by atoms with E-state index in [9.17, 15) is 8.42 Å². The molecule has 0 spiro atoms. The van der Waals surface area contributed by atoms with Crippen LogP contribution in [0.2, 0.25) is 0 Å². The summed E-state index contributed by atoms with van der Waals surface area (Å²) in [5.41, 5.74) is 0.788. The van der Waals surface area contributed by atoms with E-state index in [4.69, 9.17) is 4.74 Å². The summed E-state index contributed by atoms with van der Waals surface area (Å²) in [6.45, 7) is 5.32. The summed E-state index contributed by atoms with van der Waals surface area (Å²) in [6.07, 6.45) is 0.761. The lowest BCUT2D eigenvalue weighted by molar-refractivity contribution is 0.177. The van der Waals surface area contributed by atoms with E-state index in [0.717, 1.165) is 22.8 Å². The molecule has 22 heavy (non-hydrogen) atoms. The number of nitrogens with zero attached hydrogens (tertiary/aromatic N) is 1. The Bertz CT molecular complexity index is 780. The van der Waals surface area contributed by atoms with Gasteiger partial charge in [0, 0.05) is 18.5 Å². The summed E-state index contributed by atoms with van der Waals surface area (Å²) < 4.78 is 33.5. The van der Waals surface area contributed by atoms with Gasteiger partial charge in [0.1, 0.15) is 0 Å². The van der Waals surface area contributed by atoms with Gasteiger partial charge in [0.05, 0.1) is 17.5 Å². The van der Waals surface area contributed by atoms with Crippen molar-refractivity contribution in [2.75, 3.05) is 19.8 Å². The zero-order chi connectivity index (χ0) is 15.7. The molecule has 3 rings (SSSR count). The van der Waals surface area contributed by atoms with Gasteiger partial charge in [-0.1, -0.05) is 43.3 Å². The van der Waals surface area contributed by atoms with Crippen molar-refractivity contribution in [3.8, 4) is 0 Å². The van der Waals surface area contributed by atoms with Gasteiger partial charge in [0.2, 0.25) is 10.0 Å². The van der Waals surface area contributed by atoms with Gasteiger partial charge < -0.3 is 4.74 Å². The zero-order valence-electron chi connectivity index (χ0n) is 13.0. The zero-order valence-corrected chi connectivity index (χ0v) is 13.8. The van der Waals surface area contributed by atoms with E-state index >= 15 is 0 Å². The van der Waals surface area contributed by atoms with E-state index < -0.39 is 10.0 Å². The van der Waals surface area contributed by atoms with Crippen LogP contribution in [-0.2, 0) is 14.8 Å². The maximum Gasteiger partial charge on any atom is 0.244 e. The van der Waals surface area contributed by atoms with Gasteiger partial charge in [-0.05, 0) is 24.3 Å². The van der Waals surface area contributed by atoms with E-state index in [-0.39, 0.29) is 6.04 Å². The van der Waals surface area contributed by atoms with Crippen LogP contribution >= 0.6 is 0 Å². The van der Waals surface area contributed by atoms with Crippen LogP contribution < -0.4 is 0 Å². The second-order valence-corrected chi connectivity index (χ2v) is 7.49. The first kappa shape index (κ1) is 15.5. The summed E-state index contributed by atoms with van der Waals surface area (Å²) in [5, 5.41) is 1.74. The molecular formula is C17H21NO3S. The predicted molar refractivity (Wildman–Crippen MR) is 87.5 cm³/mol. The highest BCUT2D eigenvalue weighted by Crippen LogP contribution is 2.31. The van der Waals surface area contributed by atoms with Gasteiger partial charge in [0.25, 0.3) is 0 Å². The van der Waals surface area contributed by atoms with Crippen LogP contribution in [-0.4, -0.2) is 38.5 Å². The molecule has 1 aliphatic heterocycles. The summed E-state index contributed by atoms with van der Waals surface area (Å²) in [5.74, 6) is 0. The molecule has 1 aliphatic rings. The van der Waals surface area contributed by atoms with Crippen molar-refractivity contribution in [3.05, 3.63) is 42.0 Å². The highest BCUT2D eigenvalue weighted by atomic mass is 32.2. The molecule has 0 saturated carbocycles. The Balaban J connectivity index is 2.18. The standard InChI is InChI=1S/C17H21NO3S/c1-3-18(15-10-11-21-12-15)22(19,20)17-13(2)8-9-14-6-4-5-7-16(14)17/h4-9,15H,3,10-12H2,1-2H3. The van der Waals surface area contributed by atoms with Crippen LogP contribution in [0.1, 0.15) is 18.9 Å². The monoisotopic (exact) mass is 319 g/mol. The Morgan fingerprint density at radius 3 is 2.68 bits per heavy atom. The summed E-state index contributed by atoms with van der Waals surface area (Å²) in [4.78, 5) is 0.430. The predicted octanol–water partition coefficient (Wildman–Crippen LogP) is 2.95. The lowest BCUT2D eigenvalue weighted by Gasteiger charge is -2.27. The van der Waals surface area contributed by atoms with Crippen molar-refractivity contribution in [2.24, 2.45) is 0 Å². The Hall–Kier alpha value is -1.43. The first-order chi connectivity index (χ1) is 10.6. The normalized spacial score (nSPS) is 19.1. The molecular weight excluding hydrogens is 298 g/mol. The molecule has 0 radical (unpaired) electrons. The maximum absolute atomic E-state index is 13.3. The number of likely N-dealkylation sites (N-methyl/N-ethyl adjacent to an activating group) is 1. The Morgan fingerprint density at radius 2 is 2.00 bits per heavy atom. The van der Waals surface area contributed by atoms with Crippen LogP contribution in [0, 0.1) is 6.92 Å². The molecule has 0 bridgehead atoms. The molecule has 0 aromatic heterocycles. The number of rotatable bonds is 4. The fourth-order valence-electron chi connectivity index (χ4n) is 3.19. The molecule has 1 unspecified atom stereocenters. The maximum atomic E-state index is 13.3. The lowest BCUT2D eigenvalue weighted by Crippen LogP contribution is -2.40. The minimum absolute atomic E-state index is 0.0617. The molecule has 0 aliphatic carbocycles. The summed E-state index contributed by atoms with van der Waals surface area (Å²) >= 11 is 0. The van der Waals surface area contributed by atoms with Crippen molar-refractivity contribution in [2.45, 2.75) is 31.2 Å². The molecule has 1 saturated heterocycles. The van der Waals surface area contributed by atoms with Crippen LogP contribution in [0.5, 0.6) is 0 Å². The molecule has 4 nitrogen and oxygen atoms in total. The number of hydrogen-bond donors (Lipinski definition) is 0. The Morgan fingerprint density at radius 1 is 1.23 bits per heavy atom. The molecule has 1 heterocycles. The molecule has 1 atom stereocenters. The van der Waals surface area contributed by atoms with Crippen LogP contribution in [0.25, 0.3) is 10.8 Å². The van der Waals surface area contributed by atoms with Crippen LogP contribution in [0.15, 0.2) is 41.3 Å². The highest BCUT2D eigenvalue weighted by molar-refractivity contribution is 7.89. The number of aryl methyl sites for hydroxylation is 1. The molecule has 1 fully saturated rings. The third-order valence-corrected chi connectivity index (χ3v) is 6.50. The number of sulfonamides is 1. The second kappa shape index (κ2) is 5.99. The number of hydrogen-bond acceptors (Lipinski definition) is 3. The minimum atomic E-state index is -3.54. The average Bonchev–Trinajstić information content (AvgIpc) is 3.01. The van der Waals surface area contributed by atoms with E-state index in [1.807, 2.05) is 50.2 Å². The second-order valence-electron chi connectivity index (χ2n) is 5.66. The van der Waals surface area contributed by atoms with Crippen LogP contribution in [0.3, 0.4) is 0 Å². The first-order valence-electron chi connectivity index (χ1n) is 7.63. The average molecular weight is 319 g/mol. The van der Waals surface area contributed by atoms with E-state index in [1.165, 1.54) is 0 Å². The number of benzene rings is 2. The molecule has 2 aromatic carbocycles. The Kier molecular flexibility index (Phi) is 4.21. The third-order valence-electron chi connectivity index (χ3n) is 4.27. The third kappa shape index (κ3) is 2.53. The van der Waals surface area contributed by atoms with Crippen molar-refractivity contribution >= 4 is 20.8 Å². The molecule has 0 N–H and O–H groups in total. The highest BCUT2D eigenvalue weighted by Gasteiger charge is 2.34. The van der Waals surface area contributed by atoms with Gasteiger partial charge in [-0.3, -0.25) is 0 Å². The van der Waals surface area contributed by atoms with Crippen molar-refractivity contribution in [1.82, 2.24) is 4.31 Å². The van der Waals surface area contributed by atoms with Gasteiger partial charge in [0.15, 0.2) is 0 Å².